The van der Waals surface area contributed by atoms with Crippen LogP contribution in [0.5, 0.6) is 0 Å². The minimum atomic E-state index is -5.91. The molecule has 0 amide bonds. The summed E-state index contributed by atoms with van der Waals surface area (Å²) in [6.07, 6.45) is -4.27. The van der Waals surface area contributed by atoms with Crippen LogP contribution in [0.2, 0.25) is 0 Å². The number of carbonyl (C=O) groups is 1. The van der Waals surface area contributed by atoms with Gasteiger partial charge in [0.2, 0.25) is 0 Å². The molecule has 106 valence electrons. The maximum Gasteiger partial charge on any atom is 0.465 e. The van der Waals surface area contributed by atoms with Crippen molar-refractivity contribution in [3.63, 3.8) is 0 Å². The summed E-state index contributed by atoms with van der Waals surface area (Å²) in [6, 6.07) is 0. The van der Waals surface area contributed by atoms with Gasteiger partial charge in [0, 0.05) is 13.2 Å². The molecule has 1 rings (SSSR count). The molecule has 18 heavy (non-hydrogen) atoms. The van der Waals surface area contributed by atoms with Gasteiger partial charge >= 0.3 is 18.1 Å². The smallest absolute Gasteiger partial charge is 0.461 e. The third-order valence-corrected chi connectivity index (χ3v) is 2.71. The third kappa shape index (κ3) is 3.79. The molecule has 0 N–H and O–H groups in total. The monoisotopic (exact) mass is 276 g/mol. The van der Waals surface area contributed by atoms with E-state index in [9.17, 15) is 26.7 Å². The van der Waals surface area contributed by atoms with Crippen molar-refractivity contribution in [2.24, 2.45) is 5.92 Å². The van der Waals surface area contributed by atoms with Gasteiger partial charge in [0.05, 0.1) is 6.61 Å². The summed E-state index contributed by atoms with van der Waals surface area (Å²) in [5.41, 5.74) is 0. The lowest BCUT2D eigenvalue weighted by Crippen LogP contribution is -2.45. The van der Waals surface area contributed by atoms with Gasteiger partial charge in [-0.1, -0.05) is 0 Å². The Morgan fingerprint density at radius 2 is 1.72 bits per heavy atom. The van der Waals surface area contributed by atoms with Crippen molar-refractivity contribution in [3.05, 3.63) is 0 Å². The van der Waals surface area contributed by atoms with Crippen LogP contribution in [0.25, 0.3) is 0 Å². The van der Waals surface area contributed by atoms with Crippen LogP contribution in [-0.2, 0) is 14.3 Å². The molecule has 0 aromatic carbocycles. The molecule has 1 aliphatic heterocycles. The van der Waals surface area contributed by atoms with Gasteiger partial charge in [-0.3, -0.25) is 0 Å². The highest BCUT2D eigenvalue weighted by Gasteiger charge is 2.64. The Morgan fingerprint density at radius 3 is 2.22 bits per heavy atom. The van der Waals surface area contributed by atoms with Crippen LogP contribution in [0.15, 0.2) is 0 Å². The second-order valence-electron chi connectivity index (χ2n) is 4.05. The van der Waals surface area contributed by atoms with E-state index in [1.54, 1.807) is 0 Å². The van der Waals surface area contributed by atoms with Crippen molar-refractivity contribution in [3.8, 4) is 0 Å². The van der Waals surface area contributed by atoms with E-state index in [0.29, 0.717) is 26.1 Å². The Kier molecular flexibility index (Phi) is 4.89. The Morgan fingerprint density at radius 1 is 1.17 bits per heavy atom. The van der Waals surface area contributed by atoms with Gasteiger partial charge in [-0.2, -0.15) is 22.0 Å². The van der Waals surface area contributed by atoms with Crippen LogP contribution in [0.1, 0.15) is 19.3 Å². The van der Waals surface area contributed by atoms with E-state index in [1.807, 2.05) is 0 Å². The molecule has 0 aromatic heterocycles. The molecule has 0 unspecified atom stereocenters. The Hall–Kier alpha value is -0.920. The molecule has 1 heterocycles. The van der Waals surface area contributed by atoms with Gasteiger partial charge in [0.25, 0.3) is 0 Å². The lowest BCUT2D eigenvalue weighted by Gasteiger charge is -2.22. The number of hydrogen-bond donors (Lipinski definition) is 0. The fourth-order valence-corrected chi connectivity index (χ4v) is 1.56. The fourth-order valence-electron chi connectivity index (χ4n) is 1.56. The first kappa shape index (κ1) is 15.1. The first-order chi connectivity index (χ1) is 8.25. The number of ether oxygens (including phenoxy) is 2. The molecule has 1 aliphatic rings. The van der Waals surface area contributed by atoms with Crippen molar-refractivity contribution in [1.82, 2.24) is 0 Å². The van der Waals surface area contributed by atoms with Gasteiger partial charge in [0.1, 0.15) is 0 Å². The molecule has 3 nitrogen and oxygen atoms in total. The standard InChI is InChI=1S/C10H13F5O3/c11-9(12,10(13,14)15)8(16)18-6-3-7-1-4-17-5-2-7/h7H,1-6H2. The van der Waals surface area contributed by atoms with Gasteiger partial charge in [-0.25, -0.2) is 4.79 Å². The van der Waals surface area contributed by atoms with Crippen LogP contribution in [0.3, 0.4) is 0 Å². The average molecular weight is 276 g/mol. The number of halogens is 5. The maximum absolute atomic E-state index is 12.5. The van der Waals surface area contributed by atoms with Crippen LogP contribution >= 0.6 is 0 Å². The summed E-state index contributed by atoms with van der Waals surface area (Å²) in [7, 11) is 0. The second-order valence-corrected chi connectivity index (χ2v) is 4.05. The minimum Gasteiger partial charge on any atom is -0.461 e. The number of carbonyl (C=O) groups excluding carboxylic acids is 1. The predicted octanol–water partition coefficient (Wildman–Crippen LogP) is 2.54. The lowest BCUT2D eigenvalue weighted by molar-refractivity contribution is -0.280. The second kappa shape index (κ2) is 5.81. The fraction of sp³-hybridized carbons (Fsp3) is 0.900. The average Bonchev–Trinajstić information content (AvgIpc) is 2.28. The van der Waals surface area contributed by atoms with E-state index >= 15 is 0 Å². The first-order valence-electron chi connectivity index (χ1n) is 5.44. The highest BCUT2D eigenvalue weighted by molar-refractivity contribution is 5.78. The van der Waals surface area contributed by atoms with E-state index in [2.05, 4.69) is 4.74 Å². The molecule has 0 saturated carbocycles. The molecule has 1 saturated heterocycles. The van der Waals surface area contributed by atoms with Crippen LogP contribution in [0, 0.1) is 5.92 Å². The zero-order valence-electron chi connectivity index (χ0n) is 9.43. The Bertz CT molecular complexity index is 284. The molecular weight excluding hydrogens is 263 g/mol. The van der Waals surface area contributed by atoms with Gasteiger partial charge in [0.15, 0.2) is 0 Å². The van der Waals surface area contributed by atoms with Crippen LogP contribution in [-0.4, -0.2) is 37.9 Å². The minimum absolute atomic E-state index is 0.131. The number of esters is 1. The third-order valence-electron chi connectivity index (χ3n) is 2.71. The van der Waals surface area contributed by atoms with E-state index in [4.69, 9.17) is 4.74 Å². The van der Waals surface area contributed by atoms with E-state index in [1.165, 1.54) is 0 Å². The van der Waals surface area contributed by atoms with Gasteiger partial charge < -0.3 is 9.47 Å². The summed E-state index contributed by atoms with van der Waals surface area (Å²) in [5.74, 6) is -7.85. The molecule has 0 radical (unpaired) electrons. The summed E-state index contributed by atoms with van der Waals surface area (Å²) in [4.78, 5) is 10.6. The van der Waals surface area contributed by atoms with Crippen LogP contribution in [0.4, 0.5) is 22.0 Å². The number of hydrogen-bond acceptors (Lipinski definition) is 3. The molecule has 1 fully saturated rings. The SMILES string of the molecule is O=C(OCCC1CCOCC1)C(F)(F)C(F)(F)F. The van der Waals surface area contributed by atoms with Crippen molar-refractivity contribution in [2.75, 3.05) is 19.8 Å². The van der Waals surface area contributed by atoms with Crippen LogP contribution < -0.4 is 0 Å². The molecule has 0 spiro atoms. The predicted molar refractivity (Wildman–Crippen MR) is 50.1 cm³/mol. The summed E-state index contributed by atoms with van der Waals surface area (Å²) < 4.78 is 69.4. The van der Waals surface area contributed by atoms with Gasteiger partial charge in [-0.05, 0) is 25.2 Å². The Balaban J connectivity index is 2.32. The normalized spacial score (nSPS) is 18.7. The van der Waals surface area contributed by atoms with E-state index in [0.717, 1.165) is 0 Å². The number of alkyl halides is 5. The van der Waals surface area contributed by atoms with E-state index in [-0.39, 0.29) is 12.3 Å². The zero-order valence-corrected chi connectivity index (χ0v) is 9.43. The molecule has 0 bridgehead atoms. The molecule has 0 atom stereocenters. The van der Waals surface area contributed by atoms with Crippen molar-refractivity contribution >= 4 is 5.97 Å². The summed E-state index contributed by atoms with van der Waals surface area (Å²) >= 11 is 0. The largest absolute Gasteiger partial charge is 0.465 e. The molecular formula is C10H13F5O3. The highest BCUT2D eigenvalue weighted by atomic mass is 19.4. The Labute approximate surface area is 100 Å². The molecule has 0 aromatic rings. The lowest BCUT2D eigenvalue weighted by atomic mass is 9.97. The summed E-state index contributed by atoms with van der Waals surface area (Å²) in [5, 5.41) is 0. The topological polar surface area (TPSA) is 35.5 Å². The maximum atomic E-state index is 12.5. The molecule has 0 aliphatic carbocycles. The van der Waals surface area contributed by atoms with Crippen molar-refractivity contribution in [2.45, 2.75) is 31.4 Å². The van der Waals surface area contributed by atoms with Crippen molar-refractivity contribution in [1.29, 1.82) is 0 Å². The zero-order chi connectivity index (χ0) is 13.8. The highest BCUT2D eigenvalue weighted by Crippen LogP contribution is 2.36. The quantitative estimate of drug-likeness (QED) is 0.584. The van der Waals surface area contributed by atoms with E-state index < -0.39 is 24.7 Å². The van der Waals surface area contributed by atoms with Crippen molar-refractivity contribution < 1.29 is 36.2 Å². The molecule has 8 heteroatoms. The first-order valence-corrected chi connectivity index (χ1v) is 5.44. The van der Waals surface area contributed by atoms with Gasteiger partial charge in [-0.15, -0.1) is 0 Å². The summed E-state index contributed by atoms with van der Waals surface area (Å²) in [6.45, 7) is 0.615. The number of rotatable bonds is 4.